The quantitative estimate of drug-likeness (QED) is 0.773. The van der Waals surface area contributed by atoms with Gasteiger partial charge in [0.15, 0.2) is 11.0 Å². The molecule has 0 aliphatic carbocycles. The number of hydrogen-bond donors (Lipinski definition) is 0. The van der Waals surface area contributed by atoms with Crippen molar-refractivity contribution in [1.29, 1.82) is 0 Å². The summed E-state index contributed by atoms with van der Waals surface area (Å²) in [5.41, 5.74) is 1.05. The molecule has 2 heterocycles. The summed E-state index contributed by atoms with van der Waals surface area (Å²) < 4.78 is 1.99. The lowest BCUT2D eigenvalue weighted by atomic mass is 10.2. The van der Waals surface area contributed by atoms with Crippen molar-refractivity contribution in [3.05, 3.63) is 30.3 Å². The highest BCUT2D eigenvalue weighted by Crippen LogP contribution is 2.23. The minimum Gasteiger partial charge on any atom is -0.340 e. The molecule has 2 aromatic rings. The second-order valence-corrected chi connectivity index (χ2v) is 7.08. The molecule has 0 unspecified atom stereocenters. The van der Waals surface area contributed by atoms with Crippen LogP contribution in [0.15, 0.2) is 35.5 Å². The topological polar surface area (TPSA) is 54.3 Å². The van der Waals surface area contributed by atoms with Gasteiger partial charge in [0.05, 0.1) is 0 Å². The SMILES string of the molecule is CN1CCN(C(=O)CCSc2nnc(-c3ccccc3)n2C)CC1. The van der Waals surface area contributed by atoms with Crippen molar-refractivity contribution in [1.82, 2.24) is 24.6 Å². The zero-order chi connectivity index (χ0) is 16.9. The van der Waals surface area contributed by atoms with E-state index < -0.39 is 0 Å². The Balaban J connectivity index is 1.52. The molecule has 1 aromatic heterocycles. The third-order valence-electron chi connectivity index (χ3n) is 4.27. The van der Waals surface area contributed by atoms with E-state index >= 15 is 0 Å². The van der Waals surface area contributed by atoms with Gasteiger partial charge in [-0.25, -0.2) is 0 Å². The van der Waals surface area contributed by atoms with E-state index in [1.807, 2.05) is 46.8 Å². The van der Waals surface area contributed by atoms with Gasteiger partial charge in [0, 0.05) is 51.0 Å². The van der Waals surface area contributed by atoms with Gasteiger partial charge < -0.3 is 14.4 Å². The lowest BCUT2D eigenvalue weighted by molar-refractivity contribution is -0.132. The van der Waals surface area contributed by atoms with Crippen molar-refractivity contribution in [2.75, 3.05) is 39.0 Å². The first kappa shape index (κ1) is 17.0. The van der Waals surface area contributed by atoms with Crippen LogP contribution in [-0.4, -0.2) is 69.5 Å². The maximum atomic E-state index is 12.3. The standard InChI is InChI=1S/C17H23N5OS/c1-20-9-11-22(12-10-20)15(23)8-13-24-17-19-18-16(21(17)2)14-6-4-3-5-7-14/h3-7H,8-13H2,1-2H3. The second-order valence-electron chi connectivity index (χ2n) is 6.01. The van der Waals surface area contributed by atoms with Crippen LogP contribution in [0.4, 0.5) is 0 Å². The number of carbonyl (C=O) groups excluding carboxylic acids is 1. The van der Waals surface area contributed by atoms with Crippen molar-refractivity contribution in [2.24, 2.45) is 7.05 Å². The molecule has 1 amide bonds. The van der Waals surface area contributed by atoms with E-state index in [0.29, 0.717) is 6.42 Å². The Bertz CT molecular complexity index is 680. The van der Waals surface area contributed by atoms with Crippen molar-refractivity contribution in [3.8, 4) is 11.4 Å². The largest absolute Gasteiger partial charge is 0.340 e. The Hall–Kier alpha value is -1.86. The first-order valence-corrected chi connectivity index (χ1v) is 9.17. The van der Waals surface area contributed by atoms with Crippen molar-refractivity contribution < 1.29 is 4.79 Å². The summed E-state index contributed by atoms with van der Waals surface area (Å²) in [6.45, 7) is 3.59. The highest BCUT2D eigenvalue weighted by Gasteiger charge is 2.19. The summed E-state index contributed by atoms with van der Waals surface area (Å²) in [5, 5.41) is 9.38. The van der Waals surface area contributed by atoms with Crippen LogP contribution in [0.1, 0.15) is 6.42 Å². The van der Waals surface area contributed by atoms with Crippen molar-refractivity contribution in [2.45, 2.75) is 11.6 Å². The number of rotatable bonds is 5. The number of carbonyl (C=O) groups is 1. The molecular weight excluding hydrogens is 322 g/mol. The fourth-order valence-corrected chi connectivity index (χ4v) is 3.56. The molecule has 0 bridgehead atoms. The van der Waals surface area contributed by atoms with Gasteiger partial charge in [-0.05, 0) is 7.05 Å². The van der Waals surface area contributed by atoms with Gasteiger partial charge in [0.25, 0.3) is 0 Å². The molecule has 6 nitrogen and oxygen atoms in total. The number of benzene rings is 1. The molecule has 0 saturated carbocycles. The lowest BCUT2D eigenvalue weighted by Gasteiger charge is -2.32. The molecule has 1 aliphatic heterocycles. The maximum Gasteiger partial charge on any atom is 0.223 e. The molecule has 128 valence electrons. The molecule has 1 aromatic carbocycles. The van der Waals surface area contributed by atoms with Crippen LogP contribution < -0.4 is 0 Å². The van der Waals surface area contributed by atoms with Gasteiger partial charge in [-0.15, -0.1) is 10.2 Å². The van der Waals surface area contributed by atoms with E-state index in [9.17, 15) is 4.79 Å². The highest BCUT2D eigenvalue weighted by molar-refractivity contribution is 7.99. The molecule has 0 N–H and O–H groups in total. The fourth-order valence-electron chi connectivity index (χ4n) is 2.72. The number of amides is 1. The zero-order valence-corrected chi connectivity index (χ0v) is 15.0. The molecule has 24 heavy (non-hydrogen) atoms. The van der Waals surface area contributed by atoms with E-state index in [1.54, 1.807) is 11.8 Å². The number of nitrogens with zero attached hydrogens (tertiary/aromatic N) is 5. The average Bonchev–Trinajstić information content (AvgIpc) is 2.97. The average molecular weight is 345 g/mol. The molecule has 0 radical (unpaired) electrons. The van der Waals surface area contributed by atoms with E-state index in [1.165, 1.54) is 0 Å². The fraction of sp³-hybridized carbons (Fsp3) is 0.471. The smallest absolute Gasteiger partial charge is 0.223 e. The summed E-state index contributed by atoms with van der Waals surface area (Å²) >= 11 is 1.59. The van der Waals surface area contributed by atoms with E-state index in [0.717, 1.165) is 48.5 Å². The summed E-state index contributed by atoms with van der Waals surface area (Å²) in [6.07, 6.45) is 0.544. The van der Waals surface area contributed by atoms with Gasteiger partial charge in [0.1, 0.15) is 0 Å². The predicted molar refractivity (Wildman–Crippen MR) is 95.9 cm³/mol. The normalized spacial score (nSPS) is 15.7. The van der Waals surface area contributed by atoms with Crippen LogP contribution in [0.3, 0.4) is 0 Å². The van der Waals surface area contributed by atoms with Crippen molar-refractivity contribution >= 4 is 17.7 Å². The predicted octanol–water partition coefficient (Wildman–Crippen LogP) is 1.74. The summed E-state index contributed by atoms with van der Waals surface area (Å²) in [6, 6.07) is 10.0. The lowest BCUT2D eigenvalue weighted by Crippen LogP contribution is -2.47. The third kappa shape index (κ3) is 3.96. The monoisotopic (exact) mass is 345 g/mol. The molecule has 1 saturated heterocycles. The second kappa shape index (κ2) is 7.81. The van der Waals surface area contributed by atoms with E-state index in [4.69, 9.17) is 0 Å². The number of thioether (sulfide) groups is 1. The van der Waals surface area contributed by atoms with Gasteiger partial charge in [-0.3, -0.25) is 4.79 Å². The van der Waals surface area contributed by atoms with Gasteiger partial charge in [-0.2, -0.15) is 0 Å². The van der Waals surface area contributed by atoms with Crippen LogP contribution in [0.2, 0.25) is 0 Å². The molecule has 1 fully saturated rings. The van der Waals surface area contributed by atoms with Crippen LogP contribution in [0.25, 0.3) is 11.4 Å². The highest BCUT2D eigenvalue weighted by atomic mass is 32.2. The molecule has 3 rings (SSSR count). The summed E-state index contributed by atoms with van der Waals surface area (Å²) in [4.78, 5) is 16.5. The summed E-state index contributed by atoms with van der Waals surface area (Å²) in [5.74, 6) is 1.82. The summed E-state index contributed by atoms with van der Waals surface area (Å²) in [7, 11) is 4.06. The van der Waals surface area contributed by atoms with E-state index in [-0.39, 0.29) is 5.91 Å². The zero-order valence-electron chi connectivity index (χ0n) is 14.2. The minimum absolute atomic E-state index is 0.237. The molecule has 1 aliphatic rings. The van der Waals surface area contributed by atoms with Crippen molar-refractivity contribution in [3.63, 3.8) is 0 Å². The van der Waals surface area contributed by atoms with Crippen LogP contribution >= 0.6 is 11.8 Å². The third-order valence-corrected chi connectivity index (χ3v) is 5.29. The van der Waals surface area contributed by atoms with E-state index in [2.05, 4.69) is 22.1 Å². The number of aromatic nitrogens is 3. The first-order valence-electron chi connectivity index (χ1n) is 8.19. The molecule has 0 atom stereocenters. The Kier molecular flexibility index (Phi) is 5.52. The van der Waals surface area contributed by atoms with Gasteiger partial charge in [-0.1, -0.05) is 42.1 Å². The maximum absolute atomic E-state index is 12.3. The Morgan fingerprint density at radius 3 is 2.50 bits per heavy atom. The number of likely N-dealkylation sites (N-methyl/N-ethyl adjacent to an activating group) is 1. The van der Waals surface area contributed by atoms with Gasteiger partial charge in [0.2, 0.25) is 5.91 Å². The van der Waals surface area contributed by atoms with Crippen LogP contribution in [0, 0.1) is 0 Å². The van der Waals surface area contributed by atoms with Gasteiger partial charge >= 0.3 is 0 Å². The molecular formula is C17H23N5OS. The number of hydrogen-bond acceptors (Lipinski definition) is 5. The Labute approximate surface area is 146 Å². The van der Waals surface area contributed by atoms with Crippen LogP contribution in [-0.2, 0) is 11.8 Å². The van der Waals surface area contributed by atoms with Crippen LogP contribution in [0.5, 0.6) is 0 Å². The Morgan fingerprint density at radius 1 is 1.08 bits per heavy atom. The number of piperazine rings is 1. The molecule has 0 spiro atoms. The molecule has 7 heteroatoms. The minimum atomic E-state index is 0.237. The first-order chi connectivity index (χ1) is 11.6. The Morgan fingerprint density at radius 2 is 1.79 bits per heavy atom.